The van der Waals surface area contributed by atoms with Gasteiger partial charge in [-0.25, -0.2) is 4.98 Å². The number of nitrogens with one attached hydrogen (secondary N) is 1. The monoisotopic (exact) mass is 552 g/mol. The SMILES string of the molecule is CN1C=NC(c2nnc3c4cc(-c5ccccc5)c(-c5ccc(CNC(=O)Cc6cccnc6)cc5)nc4ccn23)C1. The number of likely N-dealkylation sites (N-methyl/N-ethyl adjacent to an activating group) is 1. The number of hydrogen-bond donors (Lipinski definition) is 1. The fourth-order valence-corrected chi connectivity index (χ4v) is 5.34. The van der Waals surface area contributed by atoms with Crippen LogP contribution in [-0.2, 0) is 17.8 Å². The summed E-state index contributed by atoms with van der Waals surface area (Å²) in [6, 6.07) is 26.3. The lowest BCUT2D eigenvalue weighted by Gasteiger charge is -2.13. The van der Waals surface area contributed by atoms with Gasteiger partial charge in [0.15, 0.2) is 11.5 Å². The predicted molar refractivity (Wildman–Crippen MR) is 163 cm³/mol. The van der Waals surface area contributed by atoms with E-state index in [-0.39, 0.29) is 11.9 Å². The van der Waals surface area contributed by atoms with Crippen molar-refractivity contribution in [1.29, 1.82) is 0 Å². The molecule has 1 aliphatic heterocycles. The first-order valence-electron chi connectivity index (χ1n) is 13.8. The molecule has 0 radical (unpaired) electrons. The maximum Gasteiger partial charge on any atom is 0.224 e. The number of carbonyl (C=O) groups is 1. The molecule has 1 N–H and O–H groups in total. The fourth-order valence-electron chi connectivity index (χ4n) is 5.34. The number of fused-ring (bicyclic) bond motifs is 3. The van der Waals surface area contributed by atoms with E-state index in [0.717, 1.165) is 62.4 Å². The summed E-state index contributed by atoms with van der Waals surface area (Å²) in [5.41, 5.74) is 7.46. The third kappa shape index (κ3) is 4.96. The van der Waals surface area contributed by atoms with Gasteiger partial charge in [-0.15, -0.1) is 10.2 Å². The van der Waals surface area contributed by atoms with Gasteiger partial charge in [0, 0.05) is 55.2 Å². The molecule has 0 saturated heterocycles. The molecule has 0 bridgehead atoms. The highest BCUT2D eigenvalue weighted by molar-refractivity contribution is 5.98. The molecule has 5 heterocycles. The van der Waals surface area contributed by atoms with Crippen molar-refractivity contribution < 1.29 is 4.79 Å². The molecule has 42 heavy (non-hydrogen) atoms. The summed E-state index contributed by atoms with van der Waals surface area (Å²) in [6.07, 6.45) is 7.55. The highest BCUT2D eigenvalue weighted by atomic mass is 16.1. The van der Waals surface area contributed by atoms with Crippen molar-refractivity contribution >= 4 is 28.8 Å². The van der Waals surface area contributed by atoms with Crippen LogP contribution in [0.2, 0.25) is 0 Å². The van der Waals surface area contributed by atoms with Crippen LogP contribution in [0.1, 0.15) is 23.0 Å². The van der Waals surface area contributed by atoms with E-state index in [9.17, 15) is 4.79 Å². The van der Waals surface area contributed by atoms with E-state index in [0.29, 0.717) is 13.0 Å². The smallest absolute Gasteiger partial charge is 0.224 e. The average Bonchev–Trinajstić information content (AvgIpc) is 3.67. The number of nitrogens with zero attached hydrogens (tertiary/aromatic N) is 7. The van der Waals surface area contributed by atoms with Crippen LogP contribution in [0.5, 0.6) is 0 Å². The lowest BCUT2D eigenvalue weighted by atomic mass is 9.97. The van der Waals surface area contributed by atoms with Crippen molar-refractivity contribution in [3.63, 3.8) is 0 Å². The number of pyridine rings is 3. The topological polar surface area (TPSA) is 101 Å². The zero-order valence-electron chi connectivity index (χ0n) is 23.1. The van der Waals surface area contributed by atoms with Gasteiger partial charge in [0.2, 0.25) is 5.91 Å². The van der Waals surface area contributed by atoms with Crippen molar-refractivity contribution in [1.82, 2.24) is 34.8 Å². The molecule has 7 rings (SSSR count). The Hall–Kier alpha value is -5.44. The quantitative estimate of drug-likeness (QED) is 0.303. The Kier molecular flexibility index (Phi) is 6.59. The number of aliphatic imine (C=N–C) groups is 1. The second kappa shape index (κ2) is 10.9. The first-order valence-corrected chi connectivity index (χ1v) is 13.8. The highest BCUT2D eigenvalue weighted by Gasteiger charge is 2.23. The Labute approximate surface area is 242 Å². The highest BCUT2D eigenvalue weighted by Crippen LogP contribution is 2.35. The summed E-state index contributed by atoms with van der Waals surface area (Å²) in [6.45, 7) is 1.22. The molecule has 1 atom stereocenters. The van der Waals surface area contributed by atoms with Crippen LogP contribution < -0.4 is 5.32 Å². The molecule has 1 aliphatic rings. The zero-order valence-corrected chi connectivity index (χ0v) is 23.1. The van der Waals surface area contributed by atoms with Gasteiger partial charge in [0.25, 0.3) is 0 Å². The van der Waals surface area contributed by atoms with Crippen LogP contribution in [0.3, 0.4) is 0 Å². The number of amides is 1. The molecule has 0 saturated carbocycles. The summed E-state index contributed by atoms with van der Waals surface area (Å²) in [4.78, 5) is 28.3. The van der Waals surface area contributed by atoms with Crippen molar-refractivity contribution in [2.24, 2.45) is 4.99 Å². The standard InChI is InChI=1S/C33H28N8O/c1-40-20-29(36-21-40)33-39-38-32-27-17-26(24-7-3-2-4-8-24)31(37-28(27)13-15-41(32)33)25-11-9-22(10-12-25)19-35-30(42)16-23-6-5-14-34-18-23/h2-15,17-18,21,29H,16,19-20H2,1H3,(H,35,42). The Balaban J connectivity index is 1.21. The van der Waals surface area contributed by atoms with Crippen LogP contribution in [0, 0.1) is 0 Å². The van der Waals surface area contributed by atoms with Gasteiger partial charge in [-0.1, -0.05) is 60.7 Å². The molecule has 1 unspecified atom stereocenters. The van der Waals surface area contributed by atoms with Gasteiger partial charge >= 0.3 is 0 Å². The molecule has 1 amide bonds. The Morgan fingerprint density at radius 3 is 2.57 bits per heavy atom. The molecule has 4 aromatic heterocycles. The largest absolute Gasteiger partial charge is 0.363 e. The molecule has 0 aliphatic carbocycles. The Bertz CT molecular complexity index is 1920. The van der Waals surface area contributed by atoms with Crippen LogP contribution >= 0.6 is 0 Å². The number of rotatable bonds is 7. The number of hydrogen-bond acceptors (Lipinski definition) is 7. The molecule has 0 spiro atoms. The number of carbonyl (C=O) groups excluding carboxylic acids is 1. The molecule has 206 valence electrons. The Morgan fingerprint density at radius 1 is 0.952 bits per heavy atom. The van der Waals surface area contributed by atoms with E-state index in [2.05, 4.69) is 60.7 Å². The van der Waals surface area contributed by atoms with Crippen molar-refractivity contribution in [2.45, 2.75) is 19.0 Å². The van der Waals surface area contributed by atoms with Gasteiger partial charge in [-0.2, -0.15) is 0 Å². The third-order valence-corrected chi connectivity index (χ3v) is 7.49. The lowest BCUT2D eigenvalue weighted by Crippen LogP contribution is -2.24. The average molecular weight is 553 g/mol. The van der Waals surface area contributed by atoms with Gasteiger partial charge in [0.1, 0.15) is 6.04 Å². The number of benzene rings is 2. The van der Waals surface area contributed by atoms with Crippen LogP contribution in [0.15, 0.2) is 102 Å². The van der Waals surface area contributed by atoms with Crippen LogP contribution in [-0.4, -0.2) is 55.3 Å². The zero-order chi connectivity index (χ0) is 28.5. The minimum absolute atomic E-state index is 0.0376. The van der Waals surface area contributed by atoms with Crippen LogP contribution in [0.4, 0.5) is 0 Å². The van der Waals surface area contributed by atoms with Crippen LogP contribution in [0.25, 0.3) is 38.9 Å². The van der Waals surface area contributed by atoms with E-state index in [1.807, 2.05) is 72.5 Å². The minimum Gasteiger partial charge on any atom is -0.363 e. The molecule has 2 aromatic carbocycles. The molecular formula is C33H28N8O. The van der Waals surface area contributed by atoms with Gasteiger partial charge in [-0.05, 0) is 34.9 Å². The molecule has 0 fully saturated rings. The molecule has 6 aromatic rings. The summed E-state index contributed by atoms with van der Waals surface area (Å²) in [5.74, 6) is 0.783. The van der Waals surface area contributed by atoms with Crippen molar-refractivity contribution in [3.05, 3.63) is 114 Å². The summed E-state index contributed by atoms with van der Waals surface area (Å²) < 4.78 is 2.02. The van der Waals surface area contributed by atoms with E-state index >= 15 is 0 Å². The molecule has 9 nitrogen and oxygen atoms in total. The van der Waals surface area contributed by atoms with E-state index in [1.165, 1.54) is 0 Å². The van der Waals surface area contributed by atoms with Gasteiger partial charge in [0.05, 0.1) is 24.0 Å². The lowest BCUT2D eigenvalue weighted by molar-refractivity contribution is -0.120. The second-order valence-electron chi connectivity index (χ2n) is 10.5. The summed E-state index contributed by atoms with van der Waals surface area (Å²) >= 11 is 0. The number of aromatic nitrogens is 5. The van der Waals surface area contributed by atoms with Gasteiger partial charge in [-0.3, -0.25) is 19.2 Å². The molecular weight excluding hydrogens is 524 g/mol. The maximum atomic E-state index is 12.4. The predicted octanol–water partition coefficient (Wildman–Crippen LogP) is 4.88. The van der Waals surface area contributed by atoms with E-state index < -0.39 is 0 Å². The van der Waals surface area contributed by atoms with Crippen molar-refractivity contribution in [3.8, 4) is 22.4 Å². The fraction of sp³-hybridized carbons (Fsp3) is 0.152. The Morgan fingerprint density at radius 2 is 1.81 bits per heavy atom. The van der Waals surface area contributed by atoms with Crippen molar-refractivity contribution in [2.75, 3.05) is 13.6 Å². The van der Waals surface area contributed by atoms with E-state index in [4.69, 9.17) is 4.98 Å². The molecule has 9 heteroatoms. The first kappa shape index (κ1) is 25.5. The normalized spacial score (nSPS) is 14.6. The maximum absolute atomic E-state index is 12.4. The summed E-state index contributed by atoms with van der Waals surface area (Å²) in [5, 5.41) is 13.0. The third-order valence-electron chi connectivity index (χ3n) is 7.49. The van der Waals surface area contributed by atoms with Gasteiger partial charge < -0.3 is 10.2 Å². The summed E-state index contributed by atoms with van der Waals surface area (Å²) in [7, 11) is 2.01. The first-order chi connectivity index (χ1) is 20.6. The minimum atomic E-state index is -0.0538. The van der Waals surface area contributed by atoms with E-state index in [1.54, 1.807) is 12.4 Å². The second-order valence-corrected chi connectivity index (χ2v) is 10.5.